The fraction of sp³-hybridized carbons (Fsp3) is 0.429. The first-order valence-electron chi connectivity index (χ1n) is 9.22. The van der Waals surface area contributed by atoms with E-state index in [0.717, 1.165) is 41.2 Å². The summed E-state index contributed by atoms with van der Waals surface area (Å²) in [6.07, 6.45) is 2.44. The van der Waals surface area contributed by atoms with Gasteiger partial charge in [0.2, 0.25) is 5.91 Å². The Morgan fingerprint density at radius 2 is 1.81 bits per heavy atom. The zero-order valence-electron chi connectivity index (χ0n) is 15.5. The van der Waals surface area contributed by atoms with Crippen molar-refractivity contribution in [2.45, 2.75) is 45.6 Å². The van der Waals surface area contributed by atoms with Crippen molar-refractivity contribution in [1.29, 1.82) is 0 Å². The van der Waals surface area contributed by atoms with E-state index < -0.39 is 0 Å². The maximum absolute atomic E-state index is 12.3. The van der Waals surface area contributed by atoms with Crippen molar-refractivity contribution in [1.82, 2.24) is 5.32 Å². The second-order valence-electron chi connectivity index (χ2n) is 6.91. The number of benzene rings is 1. The topological polar surface area (TPSA) is 49.4 Å². The van der Waals surface area contributed by atoms with Gasteiger partial charge in [-0.2, -0.15) is 0 Å². The maximum Gasteiger partial charge on any atom is 0.220 e. The minimum Gasteiger partial charge on any atom is -0.371 e. The fourth-order valence-electron chi connectivity index (χ4n) is 3.49. The van der Waals surface area contributed by atoms with Crippen molar-refractivity contribution in [2.75, 3.05) is 18.0 Å². The fourth-order valence-corrected chi connectivity index (χ4v) is 4.43. The number of piperidine rings is 1. The van der Waals surface area contributed by atoms with Gasteiger partial charge in [-0.05, 0) is 44.9 Å². The SMILES string of the molecule is Cc1cc(C(=O)CCC(=O)NC2CCN(c3ccccc3)CC2)c(C)s1. The predicted octanol–water partition coefficient (Wildman–Crippen LogP) is 4.11. The van der Waals surface area contributed by atoms with Gasteiger partial charge < -0.3 is 10.2 Å². The van der Waals surface area contributed by atoms with E-state index >= 15 is 0 Å². The minimum absolute atomic E-state index is 0.0129. The number of nitrogens with zero attached hydrogens (tertiary/aromatic N) is 1. The molecule has 0 saturated carbocycles. The number of aryl methyl sites for hydroxylation is 2. The van der Waals surface area contributed by atoms with E-state index in [0.29, 0.717) is 0 Å². The van der Waals surface area contributed by atoms with Crippen LogP contribution in [0.1, 0.15) is 45.8 Å². The monoisotopic (exact) mass is 370 g/mol. The van der Waals surface area contributed by atoms with Crippen molar-refractivity contribution >= 4 is 28.7 Å². The van der Waals surface area contributed by atoms with E-state index in [1.165, 1.54) is 5.69 Å². The number of nitrogens with one attached hydrogen (secondary N) is 1. The van der Waals surface area contributed by atoms with Crippen molar-refractivity contribution in [3.63, 3.8) is 0 Å². The molecular weight excluding hydrogens is 344 g/mol. The highest BCUT2D eigenvalue weighted by atomic mass is 32.1. The largest absolute Gasteiger partial charge is 0.371 e. The lowest BCUT2D eigenvalue weighted by atomic mass is 10.0. The van der Waals surface area contributed by atoms with Gasteiger partial charge in [0, 0.05) is 53.0 Å². The van der Waals surface area contributed by atoms with E-state index in [4.69, 9.17) is 0 Å². The van der Waals surface area contributed by atoms with Gasteiger partial charge in [0.1, 0.15) is 0 Å². The molecule has 1 aromatic heterocycles. The number of anilines is 1. The first-order chi connectivity index (χ1) is 12.5. The Balaban J connectivity index is 1.42. The van der Waals surface area contributed by atoms with Gasteiger partial charge in [-0.15, -0.1) is 11.3 Å². The highest BCUT2D eigenvalue weighted by Crippen LogP contribution is 2.22. The van der Waals surface area contributed by atoms with Crippen LogP contribution < -0.4 is 10.2 Å². The summed E-state index contributed by atoms with van der Waals surface area (Å²) in [7, 11) is 0. The second-order valence-corrected chi connectivity index (χ2v) is 8.37. The highest BCUT2D eigenvalue weighted by molar-refractivity contribution is 7.12. The molecule has 0 radical (unpaired) electrons. The molecule has 1 N–H and O–H groups in total. The van der Waals surface area contributed by atoms with E-state index in [2.05, 4.69) is 34.5 Å². The van der Waals surface area contributed by atoms with E-state index in [1.54, 1.807) is 11.3 Å². The summed E-state index contributed by atoms with van der Waals surface area (Å²) in [6, 6.07) is 12.5. The average molecular weight is 371 g/mol. The lowest BCUT2D eigenvalue weighted by Gasteiger charge is -2.34. The number of carbonyl (C=O) groups excluding carboxylic acids is 2. The zero-order chi connectivity index (χ0) is 18.5. The quantitative estimate of drug-likeness (QED) is 0.779. The number of thiophene rings is 1. The smallest absolute Gasteiger partial charge is 0.220 e. The second kappa shape index (κ2) is 8.49. The van der Waals surface area contributed by atoms with Gasteiger partial charge in [0.25, 0.3) is 0 Å². The predicted molar refractivity (Wildman–Crippen MR) is 107 cm³/mol. The molecule has 1 aliphatic rings. The number of para-hydroxylation sites is 1. The molecule has 1 amide bonds. The summed E-state index contributed by atoms with van der Waals surface area (Å²) in [5, 5.41) is 3.10. The molecule has 0 atom stereocenters. The molecule has 1 saturated heterocycles. The van der Waals surface area contributed by atoms with Crippen molar-refractivity contribution in [3.05, 3.63) is 51.7 Å². The molecule has 5 heteroatoms. The number of amides is 1. The average Bonchev–Trinajstić information content (AvgIpc) is 2.99. The van der Waals surface area contributed by atoms with Crippen molar-refractivity contribution in [2.24, 2.45) is 0 Å². The normalized spacial score (nSPS) is 15.1. The van der Waals surface area contributed by atoms with Crippen LogP contribution >= 0.6 is 11.3 Å². The van der Waals surface area contributed by atoms with Gasteiger partial charge >= 0.3 is 0 Å². The molecule has 1 aliphatic heterocycles. The van der Waals surface area contributed by atoms with Gasteiger partial charge in [-0.1, -0.05) is 18.2 Å². The lowest BCUT2D eigenvalue weighted by Crippen LogP contribution is -2.44. The Morgan fingerprint density at radius 3 is 2.42 bits per heavy atom. The molecule has 2 heterocycles. The van der Waals surface area contributed by atoms with E-state index in [-0.39, 0.29) is 30.6 Å². The summed E-state index contributed by atoms with van der Waals surface area (Å²) in [5.41, 5.74) is 2.01. The number of Topliss-reactive ketones (excluding diaryl/α,β-unsaturated/α-hetero) is 1. The molecule has 0 aliphatic carbocycles. The Morgan fingerprint density at radius 1 is 1.12 bits per heavy atom. The highest BCUT2D eigenvalue weighted by Gasteiger charge is 2.21. The Bertz CT molecular complexity index is 762. The van der Waals surface area contributed by atoms with Gasteiger partial charge in [-0.3, -0.25) is 9.59 Å². The number of carbonyl (C=O) groups is 2. The molecule has 0 unspecified atom stereocenters. The third-order valence-electron chi connectivity index (χ3n) is 4.90. The Labute approximate surface area is 159 Å². The molecule has 0 spiro atoms. The summed E-state index contributed by atoms with van der Waals surface area (Å²) in [4.78, 5) is 29.0. The van der Waals surface area contributed by atoms with Crippen LogP contribution in [0, 0.1) is 13.8 Å². The van der Waals surface area contributed by atoms with Crippen LogP contribution in [0.3, 0.4) is 0 Å². The molecule has 138 valence electrons. The van der Waals surface area contributed by atoms with Gasteiger partial charge in [0.05, 0.1) is 0 Å². The third kappa shape index (κ3) is 4.73. The van der Waals surface area contributed by atoms with Crippen LogP contribution in [0.4, 0.5) is 5.69 Å². The Hall–Kier alpha value is -2.14. The van der Waals surface area contributed by atoms with Gasteiger partial charge in [0.15, 0.2) is 5.78 Å². The first kappa shape index (κ1) is 18.6. The maximum atomic E-state index is 12.3. The minimum atomic E-state index is -0.0129. The zero-order valence-corrected chi connectivity index (χ0v) is 16.3. The van der Waals surface area contributed by atoms with E-state index in [9.17, 15) is 9.59 Å². The number of hydrogen-bond donors (Lipinski definition) is 1. The van der Waals surface area contributed by atoms with Crippen LogP contribution in [-0.2, 0) is 4.79 Å². The molecule has 1 fully saturated rings. The van der Waals surface area contributed by atoms with Crippen LogP contribution in [-0.4, -0.2) is 30.8 Å². The van der Waals surface area contributed by atoms with Gasteiger partial charge in [-0.25, -0.2) is 0 Å². The van der Waals surface area contributed by atoms with Crippen molar-refractivity contribution < 1.29 is 9.59 Å². The van der Waals surface area contributed by atoms with Crippen LogP contribution in [0.2, 0.25) is 0 Å². The number of hydrogen-bond acceptors (Lipinski definition) is 4. The van der Waals surface area contributed by atoms with Crippen LogP contribution in [0.15, 0.2) is 36.4 Å². The molecule has 4 nitrogen and oxygen atoms in total. The summed E-state index contributed by atoms with van der Waals surface area (Å²) >= 11 is 1.63. The van der Waals surface area contributed by atoms with Crippen LogP contribution in [0.25, 0.3) is 0 Å². The molecule has 26 heavy (non-hydrogen) atoms. The molecule has 0 bridgehead atoms. The summed E-state index contributed by atoms with van der Waals surface area (Å²) in [6.45, 7) is 5.86. The standard InChI is InChI=1S/C21H26N2O2S/c1-15-14-19(16(2)26-15)20(24)8-9-21(25)22-17-10-12-23(13-11-17)18-6-4-3-5-7-18/h3-7,14,17H,8-13H2,1-2H3,(H,22,25). The van der Waals surface area contributed by atoms with E-state index in [1.807, 2.05) is 26.0 Å². The first-order valence-corrected chi connectivity index (χ1v) is 10.0. The summed E-state index contributed by atoms with van der Waals surface area (Å²) < 4.78 is 0. The number of ketones is 1. The van der Waals surface area contributed by atoms with Crippen LogP contribution in [0.5, 0.6) is 0 Å². The molecule has 2 aromatic rings. The lowest BCUT2D eigenvalue weighted by molar-refractivity contribution is -0.121. The molecule has 3 rings (SSSR count). The number of rotatable bonds is 6. The summed E-state index contributed by atoms with van der Waals surface area (Å²) in [5.74, 6) is 0.0574. The third-order valence-corrected chi connectivity index (χ3v) is 5.87. The van der Waals surface area contributed by atoms with Crippen molar-refractivity contribution in [3.8, 4) is 0 Å². The molecule has 1 aromatic carbocycles. The molecular formula is C21H26N2O2S. The Kier molecular flexibility index (Phi) is 6.09.